The van der Waals surface area contributed by atoms with Crippen molar-refractivity contribution in [2.45, 2.75) is 64.3 Å². The lowest BCUT2D eigenvalue weighted by Crippen LogP contribution is -2.38. The van der Waals surface area contributed by atoms with Crippen molar-refractivity contribution in [3.8, 4) is 0 Å². The molecule has 0 radical (unpaired) electrons. The van der Waals surface area contributed by atoms with Gasteiger partial charge < -0.3 is 10.6 Å². The van der Waals surface area contributed by atoms with Gasteiger partial charge in [-0.05, 0) is 25.8 Å². The molecule has 0 aromatic heterocycles. The molecule has 0 aliphatic carbocycles. The van der Waals surface area contributed by atoms with Crippen molar-refractivity contribution in [2.75, 3.05) is 13.1 Å². The van der Waals surface area contributed by atoms with E-state index in [1.807, 2.05) is 0 Å². The van der Waals surface area contributed by atoms with E-state index in [0.717, 1.165) is 25.9 Å². The predicted molar refractivity (Wildman–Crippen MR) is 67.4 cm³/mol. The van der Waals surface area contributed by atoms with Crippen LogP contribution in [0.25, 0.3) is 0 Å². The fourth-order valence-electron chi connectivity index (χ4n) is 2.17. The Labute approximate surface area is 99.4 Å². The number of rotatable bonds is 7. The van der Waals surface area contributed by atoms with Gasteiger partial charge in [0.15, 0.2) is 0 Å². The summed E-state index contributed by atoms with van der Waals surface area (Å²) in [7, 11) is 0. The average Bonchev–Trinajstić information content (AvgIpc) is 2.30. The first-order valence-corrected chi connectivity index (χ1v) is 6.83. The number of unbranched alkanes of at least 4 members (excludes halogenated alkanes) is 3. The fraction of sp³-hybridized carbons (Fsp3) is 0.923. The molecular formula is C13H26N2O. The van der Waals surface area contributed by atoms with E-state index in [1.165, 1.54) is 32.1 Å². The first kappa shape index (κ1) is 13.5. The van der Waals surface area contributed by atoms with Gasteiger partial charge in [0, 0.05) is 19.0 Å². The number of carbonyl (C=O) groups excluding carboxylic acids is 1. The molecule has 3 heteroatoms. The van der Waals surface area contributed by atoms with E-state index in [-0.39, 0.29) is 5.91 Å². The summed E-state index contributed by atoms with van der Waals surface area (Å²) in [4.78, 5) is 11.6. The molecule has 3 nitrogen and oxygen atoms in total. The van der Waals surface area contributed by atoms with Gasteiger partial charge >= 0.3 is 0 Å². The molecule has 0 saturated carbocycles. The van der Waals surface area contributed by atoms with Gasteiger partial charge in [-0.2, -0.15) is 0 Å². The number of amides is 1. The van der Waals surface area contributed by atoms with Gasteiger partial charge in [0.25, 0.3) is 0 Å². The SMILES string of the molecule is CCCCCCNC(=O)CC1CCCCN1. The summed E-state index contributed by atoms with van der Waals surface area (Å²) in [5.74, 6) is 0.218. The summed E-state index contributed by atoms with van der Waals surface area (Å²) in [6.07, 6.45) is 9.23. The largest absolute Gasteiger partial charge is 0.356 e. The van der Waals surface area contributed by atoms with Crippen molar-refractivity contribution in [1.29, 1.82) is 0 Å². The summed E-state index contributed by atoms with van der Waals surface area (Å²) in [6, 6.07) is 0.421. The standard InChI is InChI=1S/C13H26N2O/c1-2-3-4-6-10-15-13(16)11-12-8-5-7-9-14-12/h12,14H,2-11H2,1H3,(H,15,16). The van der Waals surface area contributed by atoms with E-state index in [2.05, 4.69) is 17.6 Å². The van der Waals surface area contributed by atoms with E-state index >= 15 is 0 Å². The quantitative estimate of drug-likeness (QED) is 0.654. The molecule has 0 aromatic carbocycles. The van der Waals surface area contributed by atoms with Gasteiger partial charge in [-0.1, -0.05) is 32.6 Å². The van der Waals surface area contributed by atoms with Crippen LogP contribution in [0.3, 0.4) is 0 Å². The minimum Gasteiger partial charge on any atom is -0.356 e. The third-order valence-electron chi connectivity index (χ3n) is 3.20. The molecule has 0 bridgehead atoms. The van der Waals surface area contributed by atoms with Crippen LogP contribution in [-0.2, 0) is 4.79 Å². The van der Waals surface area contributed by atoms with Crippen molar-refractivity contribution in [1.82, 2.24) is 10.6 Å². The molecule has 1 unspecified atom stereocenters. The molecule has 94 valence electrons. The Morgan fingerprint density at radius 2 is 2.19 bits per heavy atom. The molecule has 1 aliphatic heterocycles. The molecule has 1 atom stereocenters. The van der Waals surface area contributed by atoms with E-state index in [1.54, 1.807) is 0 Å². The molecule has 1 rings (SSSR count). The Balaban J connectivity index is 1.97. The van der Waals surface area contributed by atoms with Crippen LogP contribution in [-0.4, -0.2) is 25.0 Å². The molecule has 1 aliphatic rings. The predicted octanol–water partition coefficient (Wildman–Crippen LogP) is 2.22. The van der Waals surface area contributed by atoms with Gasteiger partial charge in [-0.25, -0.2) is 0 Å². The first-order chi connectivity index (χ1) is 7.83. The minimum absolute atomic E-state index is 0.218. The number of nitrogens with one attached hydrogen (secondary N) is 2. The summed E-state index contributed by atoms with van der Waals surface area (Å²) in [5, 5.41) is 6.41. The number of hydrogen-bond donors (Lipinski definition) is 2. The molecule has 1 saturated heterocycles. The number of hydrogen-bond acceptors (Lipinski definition) is 2. The van der Waals surface area contributed by atoms with Gasteiger partial charge in [0.05, 0.1) is 0 Å². The van der Waals surface area contributed by atoms with Crippen LogP contribution in [0.15, 0.2) is 0 Å². The summed E-state index contributed by atoms with van der Waals surface area (Å²) >= 11 is 0. The highest BCUT2D eigenvalue weighted by atomic mass is 16.1. The Morgan fingerprint density at radius 1 is 1.31 bits per heavy atom. The Morgan fingerprint density at radius 3 is 2.88 bits per heavy atom. The van der Waals surface area contributed by atoms with Crippen LogP contribution in [0.4, 0.5) is 0 Å². The van der Waals surface area contributed by atoms with Gasteiger partial charge in [-0.3, -0.25) is 4.79 Å². The van der Waals surface area contributed by atoms with E-state index < -0.39 is 0 Å². The summed E-state index contributed by atoms with van der Waals surface area (Å²) < 4.78 is 0. The molecule has 16 heavy (non-hydrogen) atoms. The normalized spacial score (nSPS) is 20.7. The zero-order valence-electron chi connectivity index (χ0n) is 10.6. The van der Waals surface area contributed by atoms with Crippen molar-refractivity contribution >= 4 is 5.91 Å². The molecule has 0 aromatic rings. The second kappa shape index (κ2) is 8.57. The Kier molecular flexibility index (Phi) is 7.23. The van der Waals surface area contributed by atoms with Crippen molar-refractivity contribution < 1.29 is 4.79 Å². The molecule has 0 spiro atoms. The third-order valence-corrected chi connectivity index (χ3v) is 3.20. The number of carbonyl (C=O) groups is 1. The van der Waals surface area contributed by atoms with Crippen molar-refractivity contribution in [3.05, 3.63) is 0 Å². The lowest BCUT2D eigenvalue weighted by Gasteiger charge is -2.22. The highest BCUT2D eigenvalue weighted by molar-refractivity contribution is 5.76. The van der Waals surface area contributed by atoms with Crippen LogP contribution in [0.2, 0.25) is 0 Å². The summed E-state index contributed by atoms with van der Waals surface area (Å²) in [5.41, 5.74) is 0. The van der Waals surface area contributed by atoms with E-state index in [9.17, 15) is 4.79 Å². The second-order valence-electron chi connectivity index (χ2n) is 4.76. The van der Waals surface area contributed by atoms with Crippen LogP contribution < -0.4 is 10.6 Å². The van der Waals surface area contributed by atoms with Crippen LogP contribution >= 0.6 is 0 Å². The van der Waals surface area contributed by atoms with Crippen LogP contribution in [0.1, 0.15) is 58.3 Å². The van der Waals surface area contributed by atoms with E-state index in [0.29, 0.717) is 12.5 Å². The number of piperidine rings is 1. The van der Waals surface area contributed by atoms with Gasteiger partial charge in [0.2, 0.25) is 5.91 Å². The monoisotopic (exact) mass is 226 g/mol. The van der Waals surface area contributed by atoms with Gasteiger partial charge in [0.1, 0.15) is 0 Å². The Bertz CT molecular complexity index is 188. The van der Waals surface area contributed by atoms with Gasteiger partial charge in [-0.15, -0.1) is 0 Å². The zero-order chi connectivity index (χ0) is 11.6. The maximum atomic E-state index is 11.6. The fourth-order valence-corrected chi connectivity index (χ4v) is 2.17. The topological polar surface area (TPSA) is 41.1 Å². The van der Waals surface area contributed by atoms with Crippen LogP contribution in [0, 0.1) is 0 Å². The molecule has 1 fully saturated rings. The maximum Gasteiger partial charge on any atom is 0.221 e. The lowest BCUT2D eigenvalue weighted by atomic mass is 10.0. The highest BCUT2D eigenvalue weighted by Crippen LogP contribution is 2.09. The first-order valence-electron chi connectivity index (χ1n) is 6.83. The van der Waals surface area contributed by atoms with Crippen molar-refractivity contribution in [3.63, 3.8) is 0 Å². The molecule has 1 heterocycles. The smallest absolute Gasteiger partial charge is 0.221 e. The average molecular weight is 226 g/mol. The summed E-state index contributed by atoms with van der Waals surface area (Å²) in [6.45, 7) is 4.13. The Hall–Kier alpha value is -0.570. The van der Waals surface area contributed by atoms with Crippen LogP contribution in [0.5, 0.6) is 0 Å². The van der Waals surface area contributed by atoms with Crippen molar-refractivity contribution in [2.24, 2.45) is 0 Å². The molecule has 1 amide bonds. The maximum absolute atomic E-state index is 11.6. The second-order valence-corrected chi connectivity index (χ2v) is 4.76. The third kappa shape index (κ3) is 6.11. The molecule has 2 N–H and O–H groups in total. The minimum atomic E-state index is 0.218. The highest BCUT2D eigenvalue weighted by Gasteiger charge is 2.15. The lowest BCUT2D eigenvalue weighted by molar-refractivity contribution is -0.121. The van der Waals surface area contributed by atoms with E-state index in [4.69, 9.17) is 0 Å². The molecular weight excluding hydrogens is 200 g/mol. The zero-order valence-corrected chi connectivity index (χ0v) is 10.6.